The summed E-state index contributed by atoms with van der Waals surface area (Å²) >= 11 is 0. The molecular formula is C26H26O9. The van der Waals surface area contributed by atoms with Crippen molar-refractivity contribution in [1.82, 2.24) is 0 Å². The Hall–Kier alpha value is -3.88. The summed E-state index contributed by atoms with van der Waals surface area (Å²) in [5.41, 5.74) is 0.824. The number of Topliss-reactive ketones (excluding diaryl/α,β-unsaturated/α-hetero) is 1. The number of ketones is 1. The lowest BCUT2D eigenvalue weighted by atomic mass is 9.76. The van der Waals surface area contributed by atoms with E-state index in [0.717, 1.165) is 0 Å². The third-order valence-corrected chi connectivity index (χ3v) is 6.42. The van der Waals surface area contributed by atoms with Gasteiger partial charge in [0, 0.05) is 42.5 Å². The highest BCUT2D eigenvalue weighted by Crippen LogP contribution is 2.58. The molecule has 0 aromatic heterocycles. The first-order valence-electron chi connectivity index (χ1n) is 11.0. The molecule has 1 unspecified atom stereocenters. The van der Waals surface area contributed by atoms with Gasteiger partial charge in [-0.05, 0) is 25.5 Å². The van der Waals surface area contributed by atoms with E-state index in [2.05, 4.69) is 0 Å². The molecule has 9 nitrogen and oxygen atoms in total. The molecule has 0 N–H and O–H groups in total. The Bertz CT molecular complexity index is 1380. The summed E-state index contributed by atoms with van der Waals surface area (Å²) in [6, 6.07) is 1.57. The van der Waals surface area contributed by atoms with Crippen molar-refractivity contribution in [3.8, 4) is 17.2 Å². The Morgan fingerprint density at radius 3 is 2.06 bits per heavy atom. The first kappa shape index (κ1) is 24.3. The van der Waals surface area contributed by atoms with E-state index >= 15 is 0 Å². The molecule has 0 radical (unpaired) electrons. The average molecular weight is 482 g/mol. The maximum atomic E-state index is 13.8. The number of fused-ring (bicyclic) bond motifs is 2. The molecule has 1 aliphatic heterocycles. The van der Waals surface area contributed by atoms with Gasteiger partial charge in [-0.3, -0.25) is 19.2 Å². The van der Waals surface area contributed by atoms with Crippen molar-refractivity contribution in [2.45, 2.75) is 60.0 Å². The van der Waals surface area contributed by atoms with E-state index in [1.807, 2.05) is 20.8 Å². The predicted molar refractivity (Wildman–Crippen MR) is 124 cm³/mol. The van der Waals surface area contributed by atoms with E-state index in [4.69, 9.17) is 23.7 Å². The van der Waals surface area contributed by atoms with Crippen molar-refractivity contribution < 1.29 is 42.9 Å². The zero-order valence-electron chi connectivity index (χ0n) is 20.8. The van der Waals surface area contributed by atoms with Gasteiger partial charge in [-0.2, -0.15) is 0 Å². The fraction of sp³-hybridized carbons (Fsp3) is 0.385. The van der Waals surface area contributed by atoms with Crippen LogP contribution in [-0.4, -0.2) is 36.9 Å². The number of hydrogen-bond donors (Lipinski definition) is 0. The zero-order valence-corrected chi connectivity index (χ0v) is 20.8. The number of methoxy groups -OCH3 is 1. The van der Waals surface area contributed by atoms with E-state index in [9.17, 15) is 19.2 Å². The van der Waals surface area contributed by atoms with Crippen LogP contribution in [0.2, 0.25) is 0 Å². The number of esters is 3. The summed E-state index contributed by atoms with van der Waals surface area (Å²) in [5, 5.41) is 0.724. The number of carbonyl (C=O) groups is 4. The van der Waals surface area contributed by atoms with Gasteiger partial charge in [0.1, 0.15) is 23.4 Å². The summed E-state index contributed by atoms with van der Waals surface area (Å²) in [7, 11) is 1.28. The molecular weight excluding hydrogens is 456 g/mol. The van der Waals surface area contributed by atoms with Crippen LogP contribution < -0.4 is 14.2 Å². The molecule has 0 amide bonds. The normalized spacial score (nSPS) is 17.6. The molecule has 0 spiro atoms. The van der Waals surface area contributed by atoms with Crippen molar-refractivity contribution >= 4 is 40.2 Å². The van der Waals surface area contributed by atoms with Crippen LogP contribution in [-0.2, 0) is 29.3 Å². The maximum Gasteiger partial charge on any atom is 0.308 e. The highest BCUT2D eigenvalue weighted by Gasteiger charge is 2.48. The smallest absolute Gasteiger partial charge is 0.308 e. The van der Waals surface area contributed by atoms with E-state index in [1.165, 1.54) is 27.9 Å². The standard InChI is InChI=1S/C26H26O9/c1-10-9-15(33-12(3)27)17-18-16(10)22(34-13(4)28)20-23(32-11(2)26(20,6)7)19(18)21(30)25(31-8)24(17)35-14(5)29/h9,11H,1-8H3. The maximum absolute atomic E-state index is 13.8. The second-order valence-corrected chi connectivity index (χ2v) is 9.18. The second kappa shape index (κ2) is 8.11. The van der Waals surface area contributed by atoms with Crippen LogP contribution >= 0.6 is 0 Å². The van der Waals surface area contributed by atoms with Gasteiger partial charge in [0.15, 0.2) is 5.76 Å². The molecule has 1 heterocycles. The Balaban J connectivity index is 2.31. The number of hydrogen-bond acceptors (Lipinski definition) is 9. The minimum Gasteiger partial charge on any atom is -0.490 e. The first-order chi connectivity index (χ1) is 16.3. The van der Waals surface area contributed by atoms with Crippen molar-refractivity contribution in [2.24, 2.45) is 0 Å². The summed E-state index contributed by atoms with van der Waals surface area (Å²) in [4.78, 5) is 50.0. The fourth-order valence-electron chi connectivity index (χ4n) is 4.71. The highest BCUT2D eigenvalue weighted by atomic mass is 16.6. The van der Waals surface area contributed by atoms with Crippen LogP contribution in [0.25, 0.3) is 16.5 Å². The minimum absolute atomic E-state index is 0.0566. The average Bonchev–Trinajstić information content (AvgIpc) is 2.95. The third kappa shape index (κ3) is 3.53. The second-order valence-electron chi connectivity index (χ2n) is 9.18. The van der Waals surface area contributed by atoms with Gasteiger partial charge in [0.05, 0.1) is 18.2 Å². The summed E-state index contributed by atoms with van der Waals surface area (Å²) in [5.74, 6) is -2.35. The van der Waals surface area contributed by atoms with Gasteiger partial charge < -0.3 is 23.7 Å². The van der Waals surface area contributed by atoms with E-state index in [-0.39, 0.29) is 51.4 Å². The SMILES string of the molecule is COC1=C(OC(C)=O)c2c(OC(C)=O)cc(C)c3c(OC(C)=O)c4c(c(c23)C1=O)OC(C)C4(C)C. The number of benzene rings is 2. The molecule has 0 bridgehead atoms. The van der Waals surface area contributed by atoms with Gasteiger partial charge in [-0.1, -0.05) is 13.8 Å². The third-order valence-electron chi connectivity index (χ3n) is 6.42. The van der Waals surface area contributed by atoms with Gasteiger partial charge >= 0.3 is 17.9 Å². The minimum atomic E-state index is -0.708. The fourth-order valence-corrected chi connectivity index (χ4v) is 4.71. The molecule has 1 aliphatic carbocycles. The highest BCUT2D eigenvalue weighted by molar-refractivity contribution is 6.27. The topological polar surface area (TPSA) is 114 Å². The van der Waals surface area contributed by atoms with Crippen LogP contribution in [0.4, 0.5) is 0 Å². The number of rotatable bonds is 4. The van der Waals surface area contributed by atoms with E-state index in [0.29, 0.717) is 16.5 Å². The Morgan fingerprint density at radius 1 is 0.914 bits per heavy atom. The van der Waals surface area contributed by atoms with Crippen LogP contribution in [0.3, 0.4) is 0 Å². The molecule has 2 aromatic rings. The molecule has 0 fully saturated rings. The lowest BCUT2D eigenvalue weighted by Gasteiger charge is -2.28. The molecule has 184 valence electrons. The predicted octanol–water partition coefficient (Wildman–Crippen LogP) is 4.13. The van der Waals surface area contributed by atoms with E-state index in [1.54, 1.807) is 13.0 Å². The van der Waals surface area contributed by atoms with Crippen LogP contribution in [0.1, 0.15) is 68.6 Å². The molecule has 1 atom stereocenters. The molecule has 0 saturated heterocycles. The quantitative estimate of drug-likeness (QED) is 0.469. The van der Waals surface area contributed by atoms with Crippen molar-refractivity contribution in [1.29, 1.82) is 0 Å². The van der Waals surface area contributed by atoms with Gasteiger partial charge in [0.2, 0.25) is 11.5 Å². The van der Waals surface area contributed by atoms with Gasteiger partial charge in [-0.25, -0.2) is 0 Å². The Kier molecular flexibility index (Phi) is 5.62. The van der Waals surface area contributed by atoms with Crippen LogP contribution in [0.5, 0.6) is 17.2 Å². The van der Waals surface area contributed by atoms with E-state index < -0.39 is 29.1 Å². The molecule has 0 saturated carbocycles. The van der Waals surface area contributed by atoms with Gasteiger partial charge in [0.25, 0.3) is 0 Å². The van der Waals surface area contributed by atoms with Crippen molar-refractivity contribution in [3.05, 3.63) is 34.1 Å². The lowest BCUT2D eigenvalue weighted by Crippen LogP contribution is -2.29. The van der Waals surface area contributed by atoms with Crippen molar-refractivity contribution in [2.75, 3.05) is 7.11 Å². The number of allylic oxidation sites excluding steroid dienone is 1. The first-order valence-corrected chi connectivity index (χ1v) is 11.0. The Labute approximate surface area is 201 Å². The summed E-state index contributed by atoms with van der Waals surface area (Å²) in [6.07, 6.45) is -0.366. The van der Waals surface area contributed by atoms with Crippen LogP contribution in [0, 0.1) is 6.92 Å². The molecule has 2 aliphatic rings. The largest absolute Gasteiger partial charge is 0.490 e. The zero-order chi connectivity index (χ0) is 26.0. The number of aryl methyl sites for hydroxylation is 1. The summed E-state index contributed by atoms with van der Waals surface area (Å²) in [6.45, 7) is 11.2. The van der Waals surface area contributed by atoms with Crippen LogP contribution in [0.15, 0.2) is 11.8 Å². The Morgan fingerprint density at radius 2 is 1.51 bits per heavy atom. The van der Waals surface area contributed by atoms with Crippen molar-refractivity contribution in [3.63, 3.8) is 0 Å². The number of carbonyl (C=O) groups excluding carboxylic acids is 4. The molecule has 35 heavy (non-hydrogen) atoms. The molecule has 9 heteroatoms. The lowest BCUT2D eigenvalue weighted by molar-refractivity contribution is -0.134. The van der Waals surface area contributed by atoms with Gasteiger partial charge in [-0.15, -0.1) is 0 Å². The summed E-state index contributed by atoms with van der Waals surface area (Å²) < 4.78 is 28.3. The molecule has 2 aromatic carbocycles. The number of ether oxygens (including phenoxy) is 5. The molecule has 4 rings (SSSR count). The monoisotopic (exact) mass is 482 g/mol.